The van der Waals surface area contributed by atoms with Crippen LogP contribution in [0.15, 0.2) is 54.7 Å². The highest BCUT2D eigenvalue weighted by Gasteiger charge is 2.20. The van der Waals surface area contributed by atoms with Gasteiger partial charge in [0.15, 0.2) is 0 Å². The van der Waals surface area contributed by atoms with Crippen LogP contribution in [0.4, 0.5) is 4.79 Å². The van der Waals surface area contributed by atoms with Gasteiger partial charge in [0, 0.05) is 23.4 Å². The minimum absolute atomic E-state index is 0.166. The summed E-state index contributed by atoms with van der Waals surface area (Å²) in [4.78, 5) is 20.0. The smallest absolute Gasteiger partial charge is 0.489 e. The summed E-state index contributed by atoms with van der Waals surface area (Å²) in [6.07, 6.45) is 0.853. The molecule has 33 heavy (non-hydrogen) atoms. The molecule has 0 amide bonds. The largest absolute Gasteiger partial charge is 0.515 e. The molecule has 0 fully saturated rings. The summed E-state index contributed by atoms with van der Waals surface area (Å²) in [6, 6.07) is 15.8. The lowest BCUT2D eigenvalue weighted by Gasteiger charge is -2.17. The Labute approximate surface area is 192 Å². The fourth-order valence-corrected chi connectivity index (χ4v) is 3.50. The molecular weight excluding hydrogens is 420 g/mol. The zero-order valence-corrected chi connectivity index (χ0v) is 19.3. The quantitative estimate of drug-likeness (QED) is 0.349. The first kappa shape index (κ1) is 22.6. The van der Waals surface area contributed by atoms with E-state index >= 15 is 0 Å². The second-order valence-electron chi connectivity index (χ2n) is 9.07. The second kappa shape index (κ2) is 9.50. The molecule has 0 aliphatic heterocycles. The number of aromatic amines is 1. The van der Waals surface area contributed by atoms with Crippen LogP contribution in [-0.2, 0) is 22.7 Å². The number of rotatable bonds is 7. The van der Waals surface area contributed by atoms with Gasteiger partial charge in [-0.05, 0) is 29.2 Å². The highest BCUT2D eigenvalue weighted by Crippen LogP contribution is 2.35. The van der Waals surface area contributed by atoms with Crippen molar-refractivity contribution >= 4 is 28.0 Å². The van der Waals surface area contributed by atoms with Crippen LogP contribution in [0.1, 0.15) is 31.9 Å². The maximum atomic E-state index is 12.3. The molecule has 2 aromatic carbocycles. The maximum Gasteiger partial charge on any atom is 0.515 e. The van der Waals surface area contributed by atoms with Crippen molar-refractivity contribution in [1.29, 1.82) is 0 Å². The molecule has 0 saturated heterocycles. The van der Waals surface area contributed by atoms with Gasteiger partial charge in [-0.25, -0.2) is 9.78 Å². The SMILES string of the molecule is COCc1c(OC(=O)OCC(C)(C)C)ncc2[nH]c3ccc(OCc4ccccc4)cc3c12. The minimum Gasteiger partial charge on any atom is -0.489 e. The average Bonchev–Trinajstić information content (AvgIpc) is 3.16. The number of carbonyl (C=O) groups is 1. The highest BCUT2D eigenvalue weighted by molar-refractivity contribution is 6.09. The number of benzene rings is 2. The Balaban J connectivity index is 1.66. The number of nitrogens with zero attached hydrogens (tertiary/aromatic N) is 1. The van der Waals surface area contributed by atoms with Crippen LogP contribution in [0.5, 0.6) is 11.6 Å². The molecule has 7 heteroatoms. The summed E-state index contributed by atoms with van der Waals surface area (Å²) in [6.45, 7) is 6.85. The van der Waals surface area contributed by atoms with Gasteiger partial charge in [0.25, 0.3) is 0 Å². The molecule has 2 heterocycles. The number of methoxy groups -OCH3 is 1. The summed E-state index contributed by atoms with van der Waals surface area (Å²) < 4.78 is 22.1. The van der Waals surface area contributed by atoms with Crippen LogP contribution >= 0.6 is 0 Å². The number of pyridine rings is 1. The normalized spacial score (nSPS) is 11.6. The van der Waals surface area contributed by atoms with Gasteiger partial charge >= 0.3 is 6.16 Å². The van der Waals surface area contributed by atoms with E-state index < -0.39 is 6.16 Å². The molecule has 0 atom stereocenters. The monoisotopic (exact) mass is 448 g/mol. The Morgan fingerprint density at radius 3 is 2.55 bits per heavy atom. The molecule has 0 spiro atoms. The van der Waals surface area contributed by atoms with Gasteiger partial charge in [0.2, 0.25) is 5.88 Å². The van der Waals surface area contributed by atoms with E-state index in [9.17, 15) is 4.79 Å². The Kier molecular flexibility index (Phi) is 6.51. The number of ether oxygens (including phenoxy) is 4. The van der Waals surface area contributed by atoms with Crippen LogP contribution in [0.3, 0.4) is 0 Å². The molecule has 1 N–H and O–H groups in total. The van der Waals surface area contributed by atoms with Gasteiger partial charge in [-0.15, -0.1) is 0 Å². The molecular formula is C26H28N2O5. The van der Waals surface area contributed by atoms with Crippen molar-refractivity contribution < 1.29 is 23.7 Å². The molecule has 4 rings (SSSR count). The van der Waals surface area contributed by atoms with Gasteiger partial charge in [0.05, 0.1) is 30.5 Å². The Hall–Kier alpha value is -3.58. The van der Waals surface area contributed by atoms with Crippen molar-refractivity contribution in [3.63, 3.8) is 0 Å². The van der Waals surface area contributed by atoms with Crippen LogP contribution in [-0.4, -0.2) is 29.8 Å². The third-order valence-electron chi connectivity index (χ3n) is 5.01. The topological polar surface area (TPSA) is 82.7 Å². The molecule has 0 radical (unpaired) electrons. The predicted molar refractivity (Wildman–Crippen MR) is 127 cm³/mol. The van der Waals surface area contributed by atoms with Crippen molar-refractivity contribution in [2.24, 2.45) is 5.41 Å². The van der Waals surface area contributed by atoms with E-state index in [0.29, 0.717) is 12.2 Å². The van der Waals surface area contributed by atoms with E-state index in [1.807, 2.05) is 69.3 Å². The lowest BCUT2D eigenvalue weighted by molar-refractivity contribution is 0.0663. The van der Waals surface area contributed by atoms with E-state index in [1.54, 1.807) is 13.3 Å². The van der Waals surface area contributed by atoms with Crippen molar-refractivity contribution in [3.8, 4) is 11.6 Å². The van der Waals surface area contributed by atoms with E-state index in [-0.39, 0.29) is 24.5 Å². The zero-order valence-electron chi connectivity index (χ0n) is 19.3. The van der Waals surface area contributed by atoms with E-state index in [4.69, 9.17) is 18.9 Å². The summed E-state index contributed by atoms with van der Waals surface area (Å²) in [5.41, 5.74) is 3.31. The van der Waals surface area contributed by atoms with Crippen LogP contribution < -0.4 is 9.47 Å². The Morgan fingerprint density at radius 1 is 1.03 bits per heavy atom. The number of aromatic nitrogens is 2. The summed E-state index contributed by atoms with van der Waals surface area (Å²) in [5, 5.41) is 1.79. The van der Waals surface area contributed by atoms with Crippen molar-refractivity contribution in [1.82, 2.24) is 9.97 Å². The molecule has 7 nitrogen and oxygen atoms in total. The fraction of sp³-hybridized carbons (Fsp3) is 0.308. The number of hydrogen-bond acceptors (Lipinski definition) is 6. The van der Waals surface area contributed by atoms with Crippen molar-refractivity contribution in [3.05, 3.63) is 65.9 Å². The molecule has 4 aromatic rings. The molecule has 0 aliphatic carbocycles. The number of nitrogens with one attached hydrogen (secondary N) is 1. The van der Waals surface area contributed by atoms with E-state index in [1.165, 1.54) is 0 Å². The van der Waals surface area contributed by atoms with E-state index in [2.05, 4.69) is 9.97 Å². The lowest BCUT2D eigenvalue weighted by atomic mass is 9.99. The summed E-state index contributed by atoms with van der Waals surface area (Å²) >= 11 is 0. The standard InChI is InChI=1S/C26H28N2O5/c1-26(2,3)16-32-25(29)33-24-20(15-30-4)23-19-12-18(31-14-17-8-6-5-7-9-17)10-11-21(19)28-22(23)13-27-24/h5-13,28H,14-16H2,1-4H3. The van der Waals surface area contributed by atoms with Gasteiger partial charge < -0.3 is 23.9 Å². The average molecular weight is 449 g/mol. The molecule has 0 unspecified atom stereocenters. The molecule has 0 saturated carbocycles. The highest BCUT2D eigenvalue weighted by atomic mass is 16.7. The Morgan fingerprint density at radius 2 is 1.82 bits per heavy atom. The summed E-state index contributed by atoms with van der Waals surface area (Å²) in [7, 11) is 1.59. The minimum atomic E-state index is -0.791. The first-order valence-corrected chi connectivity index (χ1v) is 10.8. The summed E-state index contributed by atoms with van der Waals surface area (Å²) in [5.74, 6) is 0.902. The van der Waals surface area contributed by atoms with Gasteiger partial charge in [-0.2, -0.15) is 0 Å². The molecule has 2 aromatic heterocycles. The second-order valence-corrected chi connectivity index (χ2v) is 9.07. The van der Waals surface area contributed by atoms with Crippen LogP contribution in [0.2, 0.25) is 0 Å². The Bertz CT molecular complexity index is 1260. The van der Waals surface area contributed by atoms with E-state index in [0.717, 1.165) is 33.1 Å². The fourth-order valence-electron chi connectivity index (χ4n) is 3.50. The molecule has 172 valence electrons. The van der Waals surface area contributed by atoms with Crippen molar-refractivity contribution in [2.75, 3.05) is 13.7 Å². The maximum absolute atomic E-state index is 12.3. The third kappa shape index (κ3) is 5.43. The molecule has 0 aliphatic rings. The van der Waals surface area contributed by atoms with Gasteiger partial charge in [-0.1, -0.05) is 51.1 Å². The van der Waals surface area contributed by atoms with Gasteiger partial charge in [-0.3, -0.25) is 0 Å². The number of carbonyl (C=O) groups excluding carboxylic acids is 1. The third-order valence-corrected chi connectivity index (χ3v) is 5.01. The van der Waals surface area contributed by atoms with Crippen molar-refractivity contribution in [2.45, 2.75) is 34.0 Å². The van der Waals surface area contributed by atoms with Crippen LogP contribution in [0.25, 0.3) is 21.8 Å². The van der Waals surface area contributed by atoms with Gasteiger partial charge in [0.1, 0.15) is 12.4 Å². The zero-order chi connectivity index (χ0) is 23.4. The first-order chi connectivity index (χ1) is 15.8. The lowest BCUT2D eigenvalue weighted by Crippen LogP contribution is -2.21. The first-order valence-electron chi connectivity index (χ1n) is 10.8. The number of hydrogen-bond donors (Lipinski definition) is 1. The number of fused-ring (bicyclic) bond motifs is 3. The number of H-pyrrole nitrogens is 1. The predicted octanol–water partition coefficient (Wildman–Crippen LogP) is 6.00. The molecule has 0 bridgehead atoms. The van der Waals surface area contributed by atoms with Crippen LogP contribution in [0, 0.1) is 5.41 Å².